The number of amides is 1. The Hall–Kier alpha value is -5.03. The number of hydrogen-bond donors (Lipinski definition) is 1. The molecule has 0 saturated carbocycles. The number of benzene rings is 3. The number of rotatable bonds is 9. The predicted molar refractivity (Wildman–Crippen MR) is 172 cm³/mol. The van der Waals surface area contributed by atoms with Gasteiger partial charge in [0, 0.05) is 56.3 Å². The van der Waals surface area contributed by atoms with E-state index in [1.807, 2.05) is 50.2 Å². The Labute approximate surface area is 257 Å². The van der Waals surface area contributed by atoms with Crippen molar-refractivity contribution < 1.29 is 23.7 Å². The van der Waals surface area contributed by atoms with Crippen molar-refractivity contribution in [3.63, 3.8) is 0 Å². The maximum atomic E-state index is 13.9. The quantitative estimate of drug-likeness (QED) is 0.249. The van der Waals surface area contributed by atoms with E-state index in [4.69, 9.17) is 23.9 Å². The van der Waals surface area contributed by atoms with Gasteiger partial charge in [-0.2, -0.15) is 4.98 Å². The molecule has 0 unspecified atom stereocenters. The zero-order chi connectivity index (χ0) is 31.2. The summed E-state index contributed by atoms with van der Waals surface area (Å²) in [5.74, 6) is 2.68. The average molecular weight is 599 g/mol. The van der Waals surface area contributed by atoms with E-state index in [9.17, 15) is 4.79 Å². The fourth-order valence-corrected chi connectivity index (χ4v) is 5.27. The number of piperazine rings is 1. The molecule has 5 rings (SSSR count). The molecule has 1 N–H and O–H groups in total. The summed E-state index contributed by atoms with van der Waals surface area (Å²) in [5.41, 5.74) is 4.00. The van der Waals surface area contributed by atoms with Crippen LogP contribution in [-0.4, -0.2) is 75.5 Å². The van der Waals surface area contributed by atoms with Crippen molar-refractivity contribution in [2.75, 3.05) is 69.7 Å². The third-order valence-electron chi connectivity index (χ3n) is 7.54. The molecule has 1 amide bonds. The number of ether oxygens (including phenoxy) is 4. The molecule has 1 aliphatic rings. The van der Waals surface area contributed by atoms with Crippen molar-refractivity contribution in [1.82, 2.24) is 14.9 Å². The minimum atomic E-state index is -0.642. The molecular formula is C33H38N6O5. The maximum Gasteiger partial charge on any atom is 0.425 e. The molecule has 1 saturated heterocycles. The first kappa shape index (κ1) is 30.4. The number of hydrogen-bond acceptors (Lipinski definition) is 10. The second kappa shape index (κ2) is 13.5. The minimum Gasteiger partial charge on any atom is -0.494 e. The lowest BCUT2D eigenvalue weighted by molar-refractivity contribution is 0.208. The van der Waals surface area contributed by atoms with E-state index in [0.717, 1.165) is 43.0 Å². The van der Waals surface area contributed by atoms with Crippen LogP contribution in [0.25, 0.3) is 0 Å². The van der Waals surface area contributed by atoms with E-state index in [1.54, 1.807) is 44.7 Å². The van der Waals surface area contributed by atoms with Crippen LogP contribution in [0.15, 0.2) is 66.9 Å². The van der Waals surface area contributed by atoms with Crippen LogP contribution in [-0.2, 0) is 0 Å². The number of para-hydroxylation sites is 3. The van der Waals surface area contributed by atoms with E-state index in [0.29, 0.717) is 40.2 Å². The lowest BCUT2D eigenvalue weighted by atomic mass is 10.1. The van der Waals surface area contributed by atoms with Crippen LogP contribution in [0.2, 0.25) is 0 Å². The SMILES string of the molecule is COc1ccccc1OC(=O)N(c1ccnc(Nc2cc(OC)c(N3CCN(C)CC3)c(OC)c2)n1)c1c(C)cccc1C. The topological polar surface area (TPSA) is 102 Å². The molecule has 1 fully saturated rings. The predicted octanol–water partition coefficient (Wildman–Crippen LogP) is 5.95. The van der Waals surface area contributed by atoms with Gasteiger partial charge in [0.05, 0.1) is 27.0 Å². The van der Waals surface area contributed by atoms with Crippen molar-refractivity contribution in [3.05, 3.63) is 78.0 Å². The molecule has 0 aliphatic carbocycles. The smallest absolute Gasteiger partial charge is 0.425 e. The Bertz CT molecular complexity index is 1580. The van der Waals surface area contributed by atoms with Crippen LogP contribution in [0.5, 0.6) is 23.0 Å². The van der Waals surface area contributed by atoms with Gasteiger partial charge in [-0.05, 0) is 44.2 Å². The Kier molecular flexibility index (Phi) is 9.35. The number of methoxy groups -OCH3 is 3. The van der Waals surface area contributed by atoms with Gasteiger partial charge < -0.3 is 34.1 Å². The Morgan fingerprint density at radius 2 is 1.43 bits per heavy atom. The molecule has 0 bridgehead atoms. The van der Waals surface area contributed by atoms with Gasteiger partial charge in [-0.25, -0.2) is 14.7 Å². The van der Waals surface area contributed by atoms with Gasteiger partial charge in [-0.3, -0.25) is 0 Å². The molecule has 1 aromatic heterocycles. The van der Waals surface area contributed by atoms with Crippen LogP contribution in [0.4, 0.5) is 33.6 Å². The third-order valence-corrected chi connectivity index (χ3v) is 7.54. The molecule has 0 radical (unpaired) electrons. The molecule has 1 aliphatic heterocycles. The second-order valence-corrected chi connectivity index (χ2v) is 10.5. The van der Waals surface area contributed by atoms with Gasteiger partial charge in [0.15, 0.2) is 11.5 Å². The van der Waals surface area contributed by atoms with Crippen molar-refractivity contribution in [2.24, 2.45) is 0 Å². The zero-order valence-electron chi connectivity index (χ0n) is 26.0. The van der Waals surface area contributed by atoms with Crippen molar-refractivity contribution in [1.29, 1.82) is 0 Å². The number of nitrogens with one attached hydrogen (secondary N) is 1. The van der Waals surface area contributed by atoms with Crippen molar-refractivity contribution in [2.45, 2.75) is 13.8 Å². The van der Waals surface area contributed by atoms with Crippen molar-refractivity contribution in [3.8, 4) is 23.0 Å². The number of likely N-dealkylation sites (N-methyl/N-ethyl adjacent to an activating group) is 1. The fraction of sp³-hybridized carbons (Fsp3) is 0.303. The highest BCUT2D eigenvalue weighted by Gasteiger charge is 2.27. The largest absolute Gasteiger partial charge is 0.494 e. The standard InChI is InChI=1S/C33H38N6O5/c1-22-10-9-11-23(2)30(22)39(33(40)44-26-13-8-7-12-25(26)41-4)29-14-15-34-32(36-29)35-24-20-27(42-5)31(28(21-24)43-6)38-18-16-37(3)17-19-38/h7-15,20-21H,16-19H2,1-6H3,(H,34,35,36). The third kappa shape index (κ3) is 6.47. The summed E-state index contributed by atoms with van der Waals surface area (Å²) in [6.07, 6.45) is 0.950. The molecule has 3 aromatic carbocycles. The number of carbonyl (C=O) groups is 1. The number of aryl methyl sites for hydroxylation is 2. The summed E-state index contributed by atoms with van der Waals surface area (Å²) in [4.78, 5) is 29.0. The van der Waals surface area contributed by atoms with Crippen LogP contribution < -0.4 is 34.1 Å². The summed E-state index contributed by atoms with van der Waals surface area (Å²) in [5, 5.41) is 3.27. The van der Waals surface area contributed by atoms with Gasteiger partial charge in [-0.1, -0.05) is 30.3 Å². The average Bonchev–Trinajstić information content (AvgIpc) is 3.03. The van der Waals surface area contributed by atoms with Gasteiger partial charge in [0.1, 0.15) is 23.0 Å². The van der Waals surface area contributed by atoms with Crippen LogP contribution in [0.1, 0.15) is 11.1 Å². The molecule has 11 heteroatoms. The lowest BCUT2D eigenvalue weighted by Gasteiger charge is -2.35. The summed E-state index contributed by atoms with van der Waals surface area (Å²) in [6, 6.07) is 18.3. The number of nitrogens with zero attached hydrogens (tertiary/aromatic N) is 5. The molecule has 4 aromatic rings. The molecule has 0 spiro atoms. The lowest BCUT2D eigenvalue weighted by Crippen LogP contribution is -2.44. The summed E-state index contributed by atoms with van der Waals surface area (Å²) in [6.45, 7) is 7.49. The second-order valence-electron chi connectivity index (χ2n) is 10.5. The minimum absolute atomic E-state index is 0.278. The van der Waals surface area contributed by atoms with Crippen LogP contribution >= 0.6 is 0 Å². The Morgan fingerprint density at radius 3 is 2.05 bits per heavy atom. The Morgan fingerprint density at radius 1 is 0.818 bits per heavy atom. The highest BCUT2D eigenvalue weighted by Crippen LogP contribution is 2.42. The summed E-state index contributed by atoms with van der Waals surface area (Å²) < 4.78 is 22.9. The Balaban J connectivity index is 1.50. The van der Waals surface area contributed by atoms with Gasteiger partial charge in [0.25, 0.3) is 0 Å². The van der Waals surface area contributed by atoms with Gasteiger partial charge >= 0.3 is 6.09 Å². The van der Waals surface area contributed by atoms with Crippen molar-refractivity contribution >= 4 is 34.9 Å². The van der Waals surface area contributed by atoms with Gasteiger partial charge in [-0.15, -0.1) is 0 Å². The molecule has 230 valence electrons. The number of carbonyl (C=O) groups excluding carboxylic acids is 1. The van der Waals surface area contributed by atoms with Gasteiger partial charge in [0.2, 0.25) is 5.95 Å². The first-order chi connectivity index (χ1) is 21.3. The highest BCUT2D eigenvalue weighted by atomic mass is 16.6. The number of aromatic nitrogens is 2. The van der Waals surface area contributed by atoms with E-state index in [2.05, 4.69) is 27.1 Å². The van der Waals surface area contributed by atoms with E-state index >= 15 is 0 Å². The molecular weight excluding hydrogens is 560 g/mol. The number of anilines is 5. The summed E-state index contributed by atoms with van der Waals surface area (Å²) in [7, 11) is 6.93. The maximum absolute atomic E-state index is 13.9. The summed E-state index contributed by atoms with van der Waals surface area (Å²) >= 11 is 0. The molecule has 11 nitrogen and oxygen atoms in total. The first-order valence-corrected chi connectivity index (χ1v) is 14.3. The van der Waals surface area contributed by atoms with E-state index in [1.165, 1.54) is 12.0 Å². The first-order valence-electron chi connectivity index (χ1n) is 14.3. The molecule has 2 heterocycles. The van der Waals surface area contributed by atoms with Crippen LogP contribution in [0.3, 0.4) is 0 Å². The zero-order valence-corrected chi connectivity index (χ0v) is 26.0. The van der Waals surface area contributed by atoms with E-state index < -0.39 is 6.09 Å². The normalized spacial score (nSPS) is 13.3. The molecule has 0 atom stereocenters. The molecule has 44 heavy (non-hydrogen) atoms. The monoisotopic (exact) mass is 598 g/mol. The van der Waals surface area contributed by atoms with Crippen LogP contribution in [0, 0.1) is 13.8 Å². The van der Waals surface area contributed by atoms with E-state index in [-0.39, 0.29) is 5.95 Å². The highest BCUT2D eigenvalue weighted by molar-refractivity contribution is 5.98. The fourth-order valence-electron chi connectivity index (χ4n) is 5.27.